The van der Waals surface area contributed by atoms with Crippen molar-refractivity contribution < 1.29 is 10.2 Å². The number of aromatic nitrogens is 2. The maximum atomic E-state index is 10.8. The molecule has 0 aliphatic carbocycles. The Morgan fingerprint density at radius 1 is 1.14 bits per heavy atom. The molecule has 2 fully saturated rings. The van der Waals surface area contributed by atoms with Crippen LogP contribution in [-0.4, -0.2) is 76.5 Å². The maximum Gasteiger partial charge on any atom is 0.165 e. The Kier molecular flexibility index (Phi) is 5.48. The van der Waals surface area contributed by atoms with Crippen LogP contribution in [0, 0.1) is 6.92 Å². The monoisotopic (exact) mass is 383 g/mol. The van der Waals surface area contributed by atoms with Crippen molar-refractivity contribution in [2.75, 3.05) is 50.7 Å². The van der Waals surface area contributed by atoms with Gasteiger partial charge in [-0.15, -0.1) is 0 Å². The van der Waals surface area contributed by atoms with Gasteiger partial charge in [-0.1, -0.05) is 12.1 Å². The van der Waals surface area contributed by atoms with Gasteiger partial charge in [-0.2, -0.15) is 0 Å². The fraction of sp³-hybridized carbons (Fsp3) is 0.524. The molecule has 4 rings (SSSR count). The number of hydrogen-bond acceptors (Lipinski definition) is 7. The third-order valence-electron chi connectivity index (χ3n) is 5.65. The van der Waals surface area contributed by atoms with Gasteiger partial charge in [-0.05, 0) is 38.4 Å². The zero-order chi connectivity index (χ0) is 19.6. The lowest BCUT2D eigenvalue weighted by Crippen LogP contribution is -2.56. The van der Waals surface area contributed by atoms with Gasteiger partial charge in [0.1, 0.15) is 11.6 Å². The van der Waals surface area contributed by atoms with Crippen LogP contribution in [-0.2, 0) is 0 Å². The standard InChI is InChI=1S/C21H29N5O2/c1-16-13-19(24-20(23-16)17-5-2-3-6-18(17)27)26-11-9-25(10-12-26)15-21(28)7-4-8-22-14-21/h2-3,5-6,13,22,27-28H,4,7-12,14-15H2,1H3/t21-/m0/s1. The molecule has 3 N–H and O–H groups in total. The Labute approximate surface area is 166 Å². The first-order valence-electron chi connectivity index (χ1n) is 10.1. The van der Waals surface area contributed by atoms with Gasteiger partial charge >= 0.3 is 0 Å². The van der Waals surface area contributed by atoms with Gasteiger partial charge in [0.2, 0.25) is 0 Å². The molecule has 3 heterocycles. The summed E-state index contributed by atoms with van der Waals surface area (Å²) in [6.07, 6.45) is 1.90. The number of hydrogen-bond donors (Lipinski definition) is 3. The van der Waals surface area contributed by atoms with E-state index in [1.165, 1.54) is 0 Å². The van der Waals surface area contributed by atoms with E-state index in [-0.39, 0.29) is 5.75 Å². The van der Waals surface area contributed by atoms with Crippen LogP contribution in [0.2, 0.25) is 0 Å². The first-order chi connectivity index (χ1) is 13.5. The average Bonchev–Trinajstić information content (AvgIpc) is 2.69. The first-order valence-corrected chi connectivity index (χ1v) is 10.1. The number of aliphatic hydroxyl groups is 1. The Morgan fingerprint density at radius 2 is 1.93 bits per heavy atom. The number of piperazine rings is 1. The van der Waals surface area contributed by atoms with E-state index in [1.54, 1.807) is 12.1 Å². The summed E-state index contributed by atoms with van der Waals surface area (Å²) in [5, 5.41) is 24.2. The number of nitrogens with zero attached hydrogens (tertiary/aromatic N) is 4. The minimum atomic E-state index is -0.607. The fourth-order valence-corrected chi connectivity index (χ4v) is 4.14. The highest BCUT2D eigenvalue weighted by molar-refractivity contribution is 5.65. The van der Waals surface area contributed by atoms with Crippen molar-refractivity contribution in [1.29, 1.82) is 0 Å². The van der Waals surface area contributed by atoms with Crippen molar-refractivity contribution in [3.05, 3.63) is 36.0 Å². The van der Waals surface area contributed by atoms with Gasteiger partial charge in [-0.25, -0.2) is 9.97 Å². The summed E-state index contributed by atoms with van der Waals surface area (Å²) in [5.74, 6) is 1.64. The van der Waals surface area contributed by atoms with Gasteiger partial charge in [0.15, 0.2) is 5.82 Å². The van der Waals surface area contributed by atoms with Crippen LogP contribution in [0.1, 0.15) is 18.5 Å². The lowest BCUT2D eigenvalue weighted by atomic mass is 9.93. The van der Waals surface area contributed by atoms with E-state index in [2.05, 4.69) is 20.1 Å². The normalized spacial score (nSPS) is 23.7. The molecule has 1 aromatic heterocycles. The summed E-state index contributed by atoms with van der Waals surface area (Å²) in [5.41, 5.74) is 0.926. The summed E-state index contributed by atoms with van der Waals surface area (Å²) >= 11 is 0. The lowest BCUT2D eigenvalue weighted by molar-refractivity contribution is -0.0164. The summed E-state index contributed by atoms with van der Waals surface area (Å²) in [4.78, 5) is 13.8. The van der Waals surface area contributed by atoms with Crippen LogP contribution in [0.5, 0.6) is 5.75 Å². The number of phenols is 1. The number of para-hydroxylation sites is 1. The van der Waals surface area contributed by atoms with Crippen LogP contribution in [0.4, 0.5) is 5.82 Å². The molecule has 28 heavy (non-hydrogen) atoms. The highest BCUT2D eigenvalue weighted by Gasteiger charge is 2.32. The number of aryl methyl sites for hydroxylation is 1. The number of rotatable bonds is 4. The molecule has 0 radical (unpaired) electrons. The van der Waals surface area contributed by atoms with Gasteiger partial charge < -0.3 is 20.4 Å². The second kappa shape index (κ2) is 8.03. The minimum absolute atomic E-state index is 0.193. The number of aromatic hydroxyl groups is 1. The number of nitrogens with one attached hydrogen (secondary N) is 1. The molecule has 7 nitrogen and oxygen atoms in total. The SMILES string of the molecule is Cc1cc(N2CCN(C[C@]3(O)CCCNC3)CC2)nc(-c2ccccc2O)n1. The van der Waals surface area contributed by atoms with Crippen molar-refractivity contribution in [2.45, 2.75) is 25.4 Å². The maximum absolute atomic E-state index is 10.8. The molecular weight excluding hydrogens is 354 g/mol. The van der Waals surface area contributed by atoms with E-state index in [4.69, 9.17) is 4.98 Å². The predicted molar refractivity (Wildman–Crippen MR) is 110 cm³/mol. The highest BCUT2D eigenvalue weighted by atomic mass is 16.3. The Bertz CT molecular complexity index is 814. The van der Waals surface area contributed by atoms with E-state index < -0.39 is 5.60 Å². The van der Waals surface area contributed by atoms with E-state index >= 15 is 0 Å². The molecule has 2 aromatic rings. The number of phenolic OH excluding ortho intramolecular Hbond substituents is 1. The molecule has 0 saturated carbocycles. The topological polar surface area (TPSA) is 84.8 Å². The third-order valence-corrected chi connectivity index (χ3v) is 5.65. The van der Waals surface area contributed by atoms with Crippen LogP contribution >= 0.6 is 0 Å². The fourth-order valence-electron chi connectivity index (χ4n) is 4.14. The van der Waals surface area contributed by atoms with E-state index in [0.717, 1.165) is 63.6 Å². The van der Waals surface area contributed by atoms with Gasteiger partial charge in [0.25, 0.3) is 0 Å². The molecule has 1 atom stereocenters. The molecule has 0 bridgehead atoms. The quantitative estimate of drug-likeness (QED) is 0.736. The van der Waals surface area contributed by atoms with Gasteiger partial charge in [0, 0.05) is 51.0 Å². The zero-order valence-electron chi connectivity index (χ0n) is 16.4. The molecule has 2 aliphatic heterocycles. The minimum Gasteiger partial charge on any atom is -0.507 e. The Hall–Kier alpha value is -2.22. The van der Waals surface area contributed by atoms with Crippen molar-refractivity contribution in [2.24, 2.45) is 0 Å². The average molecular weight is 383 g/mol. The number of anilines is 1. The molecule has 2 aliphatic rings. The van der Waals surface area contributed by atoms with Crippen molar-refractivity contribution in [3.8, 4) is 17.1 Å². The molecule has 7 heteroatoms. The van der Waals surface area contributed by atoms with Crippen LogP contribution in [0.3, 0.4) is 0 Å². The van der Waals surface area contributed by atoms with Crippen LogP contribution in [0.15, 0.2) is 30.3 Å². The number of piperidine rings is 1. The number of β-amino-alcohol motifs (C(OH)–C–C–N with tert-alkyl or cyclic N) is 1. The van der Waals surface area contributed by atoms with Crippen LogP contribution in [0.25, 0.3) is 11.4 Å². The lowest BCUT2D eigenvalue weighted by Gasteiger charge is -2.41. The van der Waals surface area contributed by atoms with Crippen molar-refractivity contribution >= 4 is 5.82 Å². The van der Waals surface area contributed by atoms with Gasteiger partial charge in [0.05, 0.1) is 11.2 Å². The summed E-state index contributed by atoms with van der Waals surface area (Å²) < 4.78 is 0. The zero-order valence-corrected chi connectivity index (χ0v) is 16.4. The number of benzene rings is 1. The second-order valence-electron chi connectivity index (χ2n) is 7.98. The highest BCUT2D eigenvalue weighted by Crippen LogP contribution is 2.28. The van der Waals surface area contributed by atoms with E-state index in [1.807, 2.05) is 25.1 Å². The van der Waals surface area contributed by atoms with E-state index in [9.17, 15) is 10.2 Å². The molecule has 2 saturated heterocycles. The molecule has 1 aromatic carbocycles. The van der Waals surface area contributed by atoms with Gasteiger partial charge in [-0.3, -0.25) is 4.90 Å². The molecule has 150 valence electrons. The largest absolute Gasteiger partial charge is 0.507 e. The Morgan fingerprint density at radius 3 is 2.64 bits per heavy atom. The second-order valence-corrected chi connectivity index (χ2v) is 7.98. The first kappa shape index (κ1) is 19.1. The van der Waals surface area contributed by atoms with Crippen molar-refractivity contribution in [3.63, 3.8) is 0 Å². The Balaban J connectivity index is 1.44. The summed E-state index contributed by atoms with van der Waals surface area (Å²) in [6.45, 7) is 7.88. The molecule has 0 unspecified atom stereocenters. The summed E-state index contributed by atoms with van der Waals surface area (Å²) in [6, 6.07) is 9.17. The summed E-state index contributed by atoms with van der Waals surface area (Å²) in [7, 11) is 0. The molecule has 0 spiro atoms. The third kappa shape index (κ3) is 4.27. The van der Waals surface area contributed by atoms with E-state index in [0.29, 0.717) is 17.9 Å². The van der Waals surface area contributed by atoms with Crippen molar-refractivity contribution in [1.82, 2.24) is 20.2 Å². The molecule has 0 amide bonds. The predicted octanol–water partition coefficient (Wildman–Crippen LogP) is 1.39. The smallest absolute Gasteiger partial charge is 0.165 e. The molecular formula is C21H29N5O2. The van der Waals surface area contributed by atoms with Crippen LogP contribution < -0.4 is 10.2 Å².